The first kappa shape index (κ1) is 19.2. The number of ether oxygens (including phenoxy) is 6. The lowest BCUT2D eigenvalue weighted by atomic mass is 9.97. The van der Waals surface area contributed by atoms with E-state index in [0.29, 0.717) is 6.61 Å². The minimum atomic E-state index is -3.99. The van der Waals surface area contributed by atoms with Crippen molar-refractivity contribution in [2.24, 2.45) is 0 Å². The summed E-state index contributed by atoms with van der Waals surface area (Å²) < 4.78 is 63.8. The Morgan fingerprint density at radius 2 is 1.52 bits per heavy atom. The van der Waals surface area contributed by atoms with E-state index in [9.17, 15) is 8.42 Å². The SMILES string of the molecule is Cc1ccc(S(=O)(=O)OC2COCOC2C2OCOC3COCOC32)cc1. The fourth-order valence-electron chi connectivity index (χ4n) is 3.33. The zero-order valence-electron chi connectivity index (χ0n) is 14.8. The molecule has 0 bridgehead atoms. The van der Waals surface area contributed by atoms with Gasteiger partial charge in [-0.1, -0.05) is 17.7 Å². The minimum absolute atomic E-state index is 0.0176. The van der Waals surface area contributed by atoms with Crippen LogP contribution in [0.25, 0.3) is 0 Å². The first-order valence-electron chi connectivity index (χ1n) is 8.66. The highest BCUT2D eigenvalue weighted by molar-refractivity contribution is 7.86. The first-order valence-corrected chi connectivity index (χ1v) is 10.1. The van der Waals surface area contributed by atoms with Crippen molar-refractivity contribution < 1.29 is 41.0 Å². The molecule has 9 nitrogen and oxygen atoms in total. The summed E-state index contributed by atoms with van der Waals surface area (Å²) in [6.45, 7) is 2.48. The third kappa shape index (κ3) is 4.17. The zero-order valence-corrected chi connectivity index (χ0v) is 15.6. The summed E-state index contributed by atoms with van der Waals surface area (Å²) in [5, 5.41) is 0. The summed E-state index contributed by atoms with van der Waals surface area (Å²) in [5.41, 5.74) is 0.953. The van der Waals surface area contributed by atoms with E-state index in [-0.39, 0.29) is 38.0 Å². The fourth-order valence-corrected chi connectivity index (χ4v) is 4.40. The third-order valence-corrected chi connectivity index (χ3v) is 6.08. The molecule has 3 aliphatic rings. The lowest BCUT2D eigenvalue weighted by Gasteiger charge is -2.45. The quantitative estimate of drug-likeness (QED) is 0.669. The summed E-state index contributed by atoms with van der Waals surface area (Å²) in [6, 6.07) is 6.44. The van der Waals surface area contributed by atoms with Gasteiger partial charge in [0.2, 0.25) is 0 Å². The van der Waals surface area contributed by atoms with E-state index in [0.717, 1.165) is 5.56 Å². The summed E-state index contributed by atoms with van der Waals surface area (Å²) in [4.78, 5) is 0.0745. The van der Waals surface area contributed by atoms with Crippen LogP contribution in [0.3, 0.4) is 0 Å². The van der Waals surface area contributed by atoms with Gasteiger partial charge in [0.15, 0.2) is 0 Å². The van der Waals surface area contributed by atoms with Gasteiger partial charge in [-0.15, -0.1) is 0 Å². The largest absolute Gasteiger partial charge is 0.353 e. The van der Waals surface area contributed by atoms with Crippen LogP contribution < -0.4 is 0 Å². The molecule has 0 spiro atoms. The highest BCUT2D eigenvalue weighted by Crippen LogP contribution is 2.30. The van der Waals surface area contributed by atoms with Gasteiger partial charge in [-0.2, -0.15) is 8.42 Å². The van der Waals surface area contributed by atoms with Crippen molar-refractivity contribution in [1.82, 2.24) is 0 Å². The summed E-state index contributed by atoms with van der Waals surface area (Å²) in [5.74, 6) is 0. The van der Waals surface area contributed by atoms with Crippen LogP contribution in [0, 0.1) is 6.92 Å². The van der Waals surface area contributed by atoms with Gasteiger partial charge in [-0.3, -0.25) is 4.18 Å². The molecular weight excluding hydrogens is 380 g/mol. The Kier molecular flexibility index (Phi) is 5.76. The van der Waals surface area contributed by atoms with Crippen LogP contribution >= 0.6 is 0 Å². The van der Waals surface area contributed by atoms with Gasteiger partial charge in [-0.25, -0.2) is 0 Å². The predicted octanol–water partition coefficient (Wildman–Crippen LogP) is 0.556. The van der Waals surface area contributed by atoms with E-state index >= 15 is 0 Å². The molecule has 5 atom stereocenters. The summed E-state index contributed by atoms with van der Waals surface area (Å²) >= 11 is 0. The molecule has 0 aliphatic carbocycles. The molecule has 1 aromatic carbocycles. The molecule has 0 aromatic heterocycles. The van der Waals surface area contributed by atoms with E-state index in [2.05, 4.69) is 0 Å². The smallest absolute Gasteiger partial charge is 0.297 e. The van der Waals surface area contributed by atoms with Gasteiger partial charge >= 0.3 is 0 Å². The maximum atomic E-state index is 12.7. The van der Waals surface area contributed by atoms with Crippen LogP contribution in [0.1, 0.15) is 5.56 Å². The molecule has 10 heteroatoms. The monoisotopic (exact) mass is 402 g/mol. The van der Waals surface area contributed by atoms with Gasteiger partial charge in [0, 0.05) is 0 Å². The first-order chi connectivity index (χ1) is 13.0. The molecule has 0 N–H and O–H groups in total. The van der Waals surface area contributed by atoms with E-state index in [4.69, 9.17) is 32.6 Å². The van der Waals surface area contributed by atoms with Gasteiger partial charge in [0.25, 0.3) is 10.1 Å². The molecule has 0 saturated carbocycles. The standard InChI is InChI=1S/C17H22O9S/c1-11-2-4-12(5-3-11)27(18,19)26-14-7-21-9-24-16(14)17-15-13(22-10-25-17)6-20-8-23-15/h2-5,13-17H,6-10H2,1H3. The predicted molar refractivity (Wildman–Crippen MR) is 89.2 cm³/mol. The molecule has 5 unspecified atom stereocenters. The number of benzene rings is 1. The van der Waals surface area contributed by atoms with Gasteiger partial charge < -0.3 is 28.4 Å². The molecule has 3 fully saturated rings. The van der Waals surface area contributed by atoms with E-state index in [1.807, 2.05) is 6.92 Å². The molecule has 0 radical (unpaired) electrons. The van der Waals surface area contributed by atoms with Crippen LogP contribution in [-0.4, -0.2) is 72.5 Å². The second kappa shape index (κ2) is 8.10. The van der Waals surface area contributed by atoms with Gasteiger partial charge in [0.05, 0.1) is 18.1 Å². The summed E-state index contributed by atoms with van der Waals surface area (Å²) in [7, 11) is -3.99. The van der Waals surface area contributed by atoms with Crippen molar-refractivity contribution in [2.75, 3.05) is 33.6 Å². The van der Waals surface area contributed by atoms with Crippen molar-refractivity contribution in [1.29, 1.82) is 0 Å². The summed E-state index contributed by atoms with van der Waals surface area (Å²) in [6.07, 6.45) is -2.87. The Morgan fingerprint density at radius 3 is 2.30 bits per heavy atom. The number of aryl methyl sites for hydroxylation is 1. The lowest BCUT2D eigenvalue weighted by molar-refractivity contribution is -0.332. The normalized spacial score (nSPS) is 34.8. The van der Waals surface area contributed by atoms with E-state index in [1.165, 1.54) is 12.1 Å². The Morgan fingerprint density at radius 1 is 0.852 bits per heavy atom. The second-order valence-electron chi connectivity index (χ2n) is 6.60. The van der Waals surface area contributed by atoms with Crippen molar-refractivity contribution in [2.45, 2.75) is 42.3 Å². The van der Waals surface area contributed by atoms with E-state index in [1.54, 1.807) is 12.1 Å². The number of fused-ring (bicyclic) bond motifs is 1. The minimum Gasteiger partial charge on any atom is -0.353 e. The zero-order chi connectivity index (χ0) is 18.9. The molecule has 1 aromatic rings. The molecule has 3 heterocycles. The number of rotatable bonds is 4. The molecule has 4 rings (SSSR count). The van der Waals surface area contributed by atoms with Crippen molar-refractivity contribution in [3.8, 4) is 0 Å². The van der Waals surface area contributed by atoms with Crippen LogP contribution in [0.4, 0.5) is 0 Å². The average Bonchev–Trinajstić information content (AvgIpc) is 2.68. The molecular formula is C17H22O9S. The second-order valence-corrected chi connectivity index (χ2v) is 8.17. The topological polar surface area (TPSA) is 98.8 Å². The van der Waals surface area contributed by atoms with Crippen LogP contribution in [0.15, 0.2) is 29.2 Å². The highest BCUT2D eigenvalue weighted by Gasteiger charge is 2.48. The Balaban J connectivity index is 1.53. The van der Waals surface area contributed by atoms with Gasteiger partial charge in [-0.05, 0) is 19.1 Å². The van der Waals surface area contributed by atoms with E-state index < -0.39 is 34.5 Å². The van der Waals surface area contributed by atoms with Crippen molar-refractivity contribution in [3.63, 3.8) is 0 Å². The van der Waals surface area contributed by atoms with Crippen LogP contribution in [-0.2, 0) is 42.7 Å². The van der Waals surface area contributed by atoms with Crippen molar-refractivity contribution in [3.05, 3.63) is 29.8 Å². The third-order valence-electron chi connectivity index (χ3n) is 4.73. The Hall–Kier alpha value is -1.11. The Bertz CT molecular complexity index is 733. The van der Waals surface area contributed by atoms with Gasteiger partial charge in [0.1, 0.15) is 50.9 Å². The van der Waals surface area contributed by atoms with Crippen molar-refractivity contribution >= 4 is 10.1 Å². The molecule has 3 aliphatic heterocycles. The molecule has 150 valence electrons. The fraction of sp³-hybridized carbons (Fsp3) is 0.647. The molecule has 0 amide bonds. The number of hydrogen-bond acceptors (Lipinski definition) is 9. The average molecular weight is 402 g/mol. The molecule has 3 saturated heterocycles. The van der Waals surface area contributed by atoms with Crippen LogP contribution in [0.2, 0.25) is 0 Å². The highest BCUT2D eigenvalue weighted by atomic mass is 32.2. The molecule has 27 heavy (non-hydrogen) atoms. The Labute approximate surface area is 157 Å². The number of hydrogen-bond donors (Lipinski definition) is 0. The van der Waals surface area contributed by atoms with Crippen LogP contribution in [0.5, 0.6) is 0 Å². The maximum absolute atomic E-state index is 12.7. The maximum Gasteiger partial charge on any atom is 0.297 e. The lowest BCUT2D eigenvalue weighted by Crippen LogP contribution is -2.61.